The highest BCUT2D eigenvalue weighted by Crippen LogP contribution is 2.26. The van der Waals surface area contributed by atoms with Crippen molar-refractivity contribution in [2.75, 3.05) is 11.9 Å². The van der Waals surface area contributed by atoms with Gasteiger partial charge in [0.25, 0.3) is 0 Å². The summed E-state index contributed by atoms with van der Waals surface area (Å²) in [5, 5.41) is 7.73. The summed E-state index contributed by atoms with van der Waals surface area (Å²) in [5.41, 5.74) is 8.48. The van der Waals surface area contributed by atoms with Crippen LogP contribution in [0.2, 0.25) is 0 Å². The second-order valence-electron chi connectivity index (χ2n) is 7.50. The van der Waals surface area contributed by atoms with Gasteiger partial charge in [0, 0.05) is 37.0 Å². The number of benzene rings is 2. The second kappa shape index (κ2) is 8.28. The van der Waals surface area contributed by atoms with Crippen LogP contribution in [0.5, 0.6) is 0 Å². The lowest BCUT2D eigenvalue weighted by Crippen LogP contribution is -2.08. The molecule has 31 heavy (non-hydrogen) atoms. The van der Waals surface area contributed by atoms with Crippen LogP contribution in [0, 0.1) is 6.92 Å². The average molecular weight is 427 g/mol. The molecule has 0 aliphatic heterocycles. The number of nitrogens with zero attached hydrogens (tertiary/aromatic N) is 5. The Kier molecular flexibility index (Phi) is 5.18. The molecule has 5 aromatic rings. The van der Waals surface area contributed by atoms with E-state index in [1.807, 2.05) is 48.7 Å². The van der Waals surface area contributed by atoms with E-state index >= 15 is 0 Å². The molecule has 5 rings (SSSR count). The van der Waals surface area contributed by atoms with Crippen molar-refractivity contribution in [1.82, 2.24) is 24.7 Å². The van der Waals surface area contributed by atoms with Gasteiger partial charge in [-0.05, 0) is 36.6 Å². The van der Waals surface area contributed by atoms with Crippen molar-refractivity contribution in [3.8, 4) is 22.4 Å². The minimum absolute atomic E-state index is 0.753. The Hall–Kier alpha value is -3.58. The normalized spacial score (nSPS) is 11.2. The molecule has 7 heteroatoms. The Morgan fingerprint density at radius 3 is 2.81 bits per heavy atom. The summed E-state index contributed by atoms with van der Waals surface area (Å²) < 4.78 is 2.99. The Labute approximate surface area is 184 Å². The van der Waals surface area contributed by atoms with E-state index in [2.05, 4.69) is 61.8 Å². The molecule has 3 aromatic heterocycles. The maximum atomic E-state index is 4.63. The Bertz CT molecular complexity index is 1350. The highest BCUT2D eigenvalue weighted by Gasteiger charge is 2.07. The minimum Gasteiger partial charge on any atom is -0.370 e. The first kappa shape index (κ1) is 19.4. The number of nitrogens with one attached hydrogen (secondary N) is 1. The quantitative estimate of drug-likeness (QED) is 0.408. The van der Waals surface area contributed by atoms with Gasteiger partial charge in [-0.1, -0.05) is 30.3 Å². The molecular weight excluding hydrogens is 404 g/mol. The predicted molar refractivity (Wildman–Crippen MR) is 126 cm³/mol. The lowest BCUT2D eigenvalue weighted by molar-refractivity contribution is 0.768. The van der Waals surface area contributed by atoms with Crippen molar-refractivity contribution in [3.05, 3.63) is 77.8 Å². The first-order valence-electron chi connectivity index (χ1n) is 10.2. The van der Waals surface area contributed by atoms with Gasteiger partial charge in [0.05, 0.1) is 27.6 Å². The molecule has 0 radical (unpaired) electrons. The van der Waals surface area contributed by atoms with Crippen LogP contribution in [-0.4, -0.2) is 31.3 Å². The third-order valence-electron chi connectivity index (χ3n) is 5.15. The van der Waals surface area contributed by atoms with Gasteiger partial charge in [0.1, 0.15) is 11.6 Å². The van der Waals surface area contributed by atoms with Crippen LogP contribution < -0.4 is 5.32 Å². The molecule has 0 spiro atoms. The van der Waals surface area contributed by atoms with E-state index in [1.54, 1.807) is 11.3 Å². The van der Waals surface area contributed by atoms with Crippen LogP contribution in [0.1, 0.15) is 11.4 Å². The number of rotatable bonds is 6. The summed E-state index contributed by atoms with van der Waals surface area (Å²) >= 11 is 1.64. The molecule has 0 saturated heterocycles. The van der Waals surface area contributed by atoms with Crippen LogP contribution in [0.4, 0.5) is 5.82 Å². The summed E-state index contributed by atoms with van der Waals surface area (Å²) in [6, 6.07) is 16.9. The molecule has 1 N–H and O–H groups in total. The van der Waals surface area contributed by atoms with Gasteiger partial charge in [-0.15, -0.1) is 11.3 Å². The van der Waals surface area contributed by atoms with E-state index in [-0.39, 0.29) is 0 Å². The van der Waals surface area contributed by atoms with Crippen LogP contribution in [0.15, 0.2) is 66.4 Å². The van der Waals surface area contributed by atoms with Crippen LogP contribution >= 0.6 is 11.3 Å². The minimum atomic E-state index is 0.753. The molecule has 2 aromatic carbocycles. The monoisotopic (exact) mass is 426 g/mol. The van der Waals surface area contributed by atoms with Gasteiger partial charge in [-0.3, -0.25) is 4.68 Å². The fourth-order valence-electron chi connectivity index (χ4n) is 3.63. The molecule has 0 unspecified atom stereocenters. The smallest absolute Gasteiger partial charge is 0.130 e. The van der Waals surface area contributed by atoms with Gasteiger partial charge in [-0.25, -0.2) is 15.0 Å². The topological polar surface area (TPSA) is 68.5 Å². The third-order valence-corrected chi connectivity index (χ3v) is 5.94. The Morgan fingerprint density at radius 1 is 1.00 bits per heavy atom. The Morgan fingerprint density at radius 2 is 1.94 bits per heavy atom. The van der Waals surface area contributed by atoms with E-state index in [4.69, 9.17) is 0 Å². The van der Waals surface area contributed by atoms with Crippen LogP contribution in [0.25, 0.3) is 32.6 Å². The SMILES string of the molecule is Cc1nc(NCCc2cccc(-c3cnn(C)c3)c2)cc(-c2ccc3ncsc3c2)n1. The average Bonchev–Trinajstić information content (AvgIpc) is 3.42. The van der Waals surface area contributed by atoms with Crippen molar-refractivity contribution < 1.29 is 0 Å². The molecule has 0 atom stereocenters. The molecule has 3 heterocycles. The van der Waals surface area contributed by atoms with Crippen molar-refractivity contribution >= 4 is 27.4 Å². The maximum Gasteiger partial charge on any atom is 0.130 e. The number of fused-ring (bicyclic) bond motifs is 1. The lowest BCUT2D eigenvalue weighted by atomic mass is 10.0. The van der Waals surface area contributed by atoms with Gasteiger partial charge < -0.3 is 5.32 Å². The van der Waals surface area contributed by atoms with Gasteiger partial charge >= 0.3 is 0 Å². The largest absolute Gasteiger partial charge is 0.370 e. The Balaban J connectivity index is 1.30. The molecule has 0 bridgehead atoms. The lowest BCUT2D eigenvalue weighted by Gasteiger charge is -2.10. The molecular formula is C24H22N6S. The number of anilines is 1. The molecule has 0 fully saturated rings. The van der Waals surface area contributed by atoms with E-state index < -0.39 is 0 Å². The zero-order chi connectivity index (χ0) is 21.2. The molecule has 6 nitrogen and oxygen atoms in total. The number of aromatic nitrogens is 5. The molecule has 0 aliphatic rings. The van der Waals surface area contributed by atoms with E-state index in [9.17, 15) is 0 Å². The fourth-order valence-corrected chi connectivity index (χ4v) is 4.35. The summed E-state index contributed by atoms with van der Waals surface area (Å²) in [6.45, 7) is 2.72. The first-order valence-corrected chi connectivity index (χ1v) is 11.0. The van der Waals surface area contributed by atoms with Gasteiger partial charge in [-0.2, -0.15) is 5.10 Å². The van der Waals surface area contributed by atoms with Crippen LogP contribution in [0.3, 0.4) is 0 Å². The molecule has 154 valence electrons. The summed E-state index contributed by atoms with van der Waals surface area (Å²) in [7, 11) is 1.94. The van der Waals surface area contributed by atoms with Gasteiger partial charge in [0.15, 0.2) is 0 Å². The zero-order valence-corrected chi connectivity index (χ0v) is 18.2. The van der Waals surface area contributed by atoms with E-state index in [0.717, 1.165) is 51.6 Å². The third kappa shape index (κ3) is 4.32. The summed E-state index contributed by atoms with van der Waals surface area (Å²) in [4.78, 5) is 13.6. The van der Waals surface area contributed by atoms with Crippen molar-refractivity contribution in [2.24, 2.45) is 7.05 Å². The number of hydrogen-bond acceptors (Lipinski definition) is 6. The standard InChI is InChI=1S/C24H22N6S/c1-16-28-22(19-6-7-21-23(11-19)31-15-26-21)12-24(29-16)25-9-8-17-4-3-5-18(10-17)20-13-27-30(2)14-20/h3-7,10-15H,8-9H2,1-2H3,(H,25,28,29). The first-order chi connectivity index (χ1) is 15.1. The van der Waals surface area contributed by atoms with Gasteiger partial charge in [0.2, 0.25) is 0 Å². The summed E-state index contributed by atoms with van der Waals surface area (Å²) in [6.07, 6.45) is 4.83. The molecule has 0 amide bonds. The summed E-state index contributed by atoms with van der Waals surface area (Å²) in [5.74, 6) is 1.60. The molecule has 0 aliphatic carbocycles. The molecule has 0 saturated carbocycles. The number of hydrogen-bond donors (Lipinski definition) is 1. The van der Waals surface area contributed by atoms with E-state index in [0.29, 0.717) is 0 Å². The highest BCUT2D eigenvalue weighted by molar-refractivity contribution is 7.16. The van der Waals surface area contributed by atoms with E-state index in [1.165, 1.54) is 11.1 Å². The zero-order valence-electron chi connectivity index (χ0n) is 17.4. The second-order valence-corrected chi connectivity index (χ2v) is 8.39. The van der Waals surface area contributed by atoms with Crippen LogP contribution in [-0.2, 0) is 13.5 Å². The predicted octanol–water partition coefficient (Wildman–Crippen LogP) is 5.12. The van der Waals surface area contributed by atoms with Crippen molar-refractivity contribution in [3.63, 3.8) is 0 Å². The highest BCUT2D eigenvalue weighted by atomic mass is 32.1. The number of aryl methyl sites for hydroxylation is 2. The fraction of sp³-hybridized carbons (Fsp3) is 0.167. The van der Waals surface area contributed by atoms with Crippen molar-refractivity contribution in [1.29, 1.82) is 0 Å². The van der Waals surface area contributed by atoms with Crippen molar-refractivity contribution in [2.45, 2.75) is 13.3 Å². The number of thiazole rings is 1. The maximum absolute atomic E-state index is 4.63.